The number of hydrogen-bond acceptors (Lipinski definition) is 4. The van der Waals surface area contributed by atoms with Crippen LogP contribution in [0.25, 0.3) is 0 Å². The van der Waals surface area contributed by atoms with Gasteiger partial charge in [0, 0.05) is 28.3 Å². The Bertz CT molecular complexity index is 1040. The third-order valence-corrected chi connectivity index (χ3v) is 5.12. The van der Waals surface area contributed by atoms with Gasteiger partial charge in [0.2, 0.25) is 0 Å². The third-order valence-electron chi connectivity index (χ3n) is 4.70. The molecule has 1 N–H and O–H groups in total. The van der Waals surface area contributed by atoms with Gasteiger partial charge < -0.3 is 19.5 Å². The van der Waals surface area contributed by atoms with E-state index in [1.165, 1.54) is 0 Å². The molecule has 0 radical (unpaired) electrons. The normalized spacial score (nSPS) is 10.4. The fraction of sp³-hybridized carbons (Fsp3) is 0.208. The van der Waals surface area contributed by atoms with E-state index in [4.69, 9.17) is 25.8 Å². The summed E-state index contributed by atoms with van der Waals surface area (Å²) >= 11 is 6.07. The van der Waals surface area contributed by atoms with Gasteiger partial charge in [-0.1, -0.05) is 29.8 Å². The van der Waals surface area contributed by atoms with Crippen LogP contribution in [0.1, 0.15) is 27.0 Å². The van der Waals surface area contributed by atoms with Crippen molar-refractivity contribution in [2.75, 3.05) is 14.2 Å². The van der Waals surface area contributed by atoms with Gasteiger partial charge in [-0.05, 0) is 55.0 Å². The highest BCUT2D eigenvalue weighted by Gasteiger charge is 2.12. The van der Waals surface area contributed by atoms with Crippen LogP contribution < -0.4 is 19.5 Å². The molecule has 5 nitrogen and oxygen atoms in total. The van der Waals surface area contributed by atoms with Gasteiger partial charge in [-0.3, -0.25) is 4.79 Å². The molecule has 3 aromatic rings. The fourth-order valence-electron chi connectivity index (χ4n) is 3.03. The Labute approximate surface area is 181 Å². The predicted octanol–water partition coefficient (Wildman–Crippen LogP) is 5.17. The molecule has 0 bridgehead atoms. The van der Waals surface area contributed by atoms with Gasteiger partial charge in [-0.2, -0.15) is 0 Å². The van der Waals surface area contributed by atoms with E-state index in [1.807, 2.05) is 43.3 Å². The zero-order chi connectivity index (χ0) is 21.5. The van der Waals surface area contributed by atoms with Crippen molar-refractivity contribution >= 4 is 17.5 Å². The molecule has 0 aromatic heterocycles. The van der Waals surface area contributed by atoms with Crippen LogP contribution >= 0.6 is 11.6 Å². The molecular weight excluding hydrogens is 402 g/mol. The maximum atomic E-state index is 12.7. The van der Waals surface area contributed by atoms with Gasteiger partial charge in [-0.15, -0.1) is 0 Å². The smallest absolute Gasteiger partial charge is 0.251 e. The van der Waals surface area contributed by atoms with Gasteiger partial charge in [0.25, 0.3) is 5.91 Å². The molecule has 0 saturated carbocycles. The van der Waals surface area contributed by atoms with E-state index in [0.29, 0.717) is 28.6 Å². The second-order valence-corrected chi connectivity index (χ2v) is 7.13. The third kappa shape index (κ3) is 5.24. The minimum Gasteiger partial charge on any atom is -0.496 e. The highest BCUT2D eigenvalue weighted by Crippen LogP contribution is 2.25. The standard InChI is InChI=1S/C24H24ClNO4/c1-16-12-20(9-10-21(16)25)30-15-19-13-17(8-11-23(19)29-3)24(27)26-14-18-6-4-5-7-22(18)28-2/h4-13H,14-15H2,1-3H3,(H,26,27). The molecule has 1 amide bonds. The highest BCUT2D eigenvalue weighted by molar-refractivity contribution is 6.31. The Hall–Kier alpha value is -3.18. The Kier molecular flexibility index (Phi) is 7.20. The van der Waals surface area contributed by atoms with Crippen LogP contribution in [0.15, 0.2) is 60.7 Å². The minimum atomic E-state index is -0.188. The Morgan fingerprint density at radius 1 is 0.933 bits per heavy atom. The van der Waals surface area contributed by atoms with Crippen molar-refractivity contribution in [3.05, 3.63) is 87.9 Å². The zero-order valence-electron chi connectivity index (χ0n) is 17.2. The lowest BCUT2D eigenvalue weighted by atomic mass is 10.1. The number of halogens is 1. The first-order valence-corrected chi connectivity index (χ1v) is 9.85. The molecule has 0 aliphatic carbocycles. The summed E-state index contributed by atoms with van der Waals surface area (Å²) in [7, 11) is 3.20. The first-order valence-electron chi connectivity index (χ1n) is 9.47. The van der Waals surface area contributed by atoms with Gasteiger partial charge in [0.05, 0.1) is 14.2 Å². The van der Waals surface area contributed by atoms with Crippen molar-refractivity contribution in [3.8, 4) is 17.2 Å². The number of hydrogen-bond donors (Lipinski definition) is 1. The number of carbonyl (C=O) groups excluding carboxylic acids is 1. The molecule has 3 aromatic carbocycles. The number of rotatable bonds is 8. The van der Waals surface area contributed by atoms with Crippen LogP contribution in [-0.4, -0.2) is 20.1 Å². The summed E-state index contributed by atoms with van der Waals surface area (Å²) in [5.74, 6) is 1.90. The Balaban J connectivity index is 1.71. The summed E-state index contributed by atoms with van der Waals surface area (Å²) in [5, 5.41) is 3.62. The van der Waals surface area contributed by atoms with Gasteiger partial charge in [0.15, 0.2) is 0 Å². The van der Waals surface area contributed by atoms with E-state index in [9.17, 15) is 4.79 Å². The number of nitrogens with one attached hydrogen (secondary N) is 1. The summed E-state index contributed by atoms with van der Waals surface area (Å²) < 4.78 is 16.6. The molecule has 0 saturated heterocycles. The number of ether oxygens (including phenoxy) is 3. The summed E-state index contributed by atoms with van der Waals surface area (Å²) in [6.07, 6.45) is 0. The predicted molar refractivity (Wildman–Crippen MR) is 118 cm³/mol. The summed E-state index contributed by atoms with van der Waals surface area (Å²) in [5.41, 5.74) is 3.14. The summed E-state index contributed by atoms with van der Waals surface area (Å²) in [6, 6.07) is 18.3. The molecule has 0 fully saturated rings. The van der Waals surface area contributed by atoms with E-state index < -0.39 is 0 Å². The van der Waals surface area contributed by atoms with Crippen molar-refractivity contribution < 1.29 is 19.0 Å². The maximum absolute atomic E-state index is 12.7. The lowest BCUT2D eigenvalue weighted by molar-refractivity contribution is 0.0950. The van der Waals surface area contributed by atoms with Crippen LogP contribution in [0, 0.1) is 6.92 Å². The van der Waals surface area contributed by atoms with E-state index in [-0.39, 0.29) is 12.5 Å². The molecule has 0 unspecified atom stereocenters. The number of methoxy groups -OCH3 is 2. The SMILES string of the molecule is COc1ccccc1CNC(=O)c1ccc(OC)c(COc2ccc(Cl)c(C)c2)c1. The van der Waals surface area contributed by atoms with E-state index >= 15 is 0 Å². The first-order chi connectivity index (χ1) is 14.5. The molecule has 0 atom stereocenters. The first kappa shape index (κ1) is 21.5. The van der Waals surface area contributed by atoms with Crippen LogP contribution in [0.4, 0.5) is 0 Å². The lowest BCUT2D eigenvalue weighted by Crippen LogP contribution is -2.23. The summed E-state index contributed by atoms with van der Waals surface area (Å²) in [4.78, 5) is 12.7. The van der Waals surface area contributed by atoms with Gasteiger partial charge in [-0.25, -0.2) is 0 Å². The van der Waals surface area contributed by atoms with Gasteiger partial charge >= 0.3 is 0 Å². The second-order valence-electron chi connectivity index (χ2n) is 6.72. The molecule has 6 heteroatoms. The average molecular weight is 426 g/mol. The summed E-state index contributed by atoms with van der Waals surface area (Å²) in [6.45, 7) is 2.55. The van der Waals surface area contributed by atoms with Crippen LogP contribution in [0.5, 0.6) is 17.2 Å². The number of carbonyl (C=O) groups is 1. The molecule has 3 rings (SSSR count). The lowest BCUT2D eigenvalue weighted by Gasteiger charge is -2.13. The Morgan fingerprint density at radius 3 is 2.40 bits per heavy atom. The van der Waals surface area contributed by atoms with Crippen molar-refractivity contribution in [3.63, 3.8) is 0 Å². The monoisotopic (exact) mass is 425 g/mol. The number of amides is 1. The van der Waals surface area contributed by atoms with Crippen molar-refractivity contribution in [2.45, 2.75) is 20.1 Å². The van der Waals surface area contributed by atoms with Gasteiger partial charge in [0.1, 0.15) is 23.9 Å². The molecule has 0 heterocycles. The van der Waals surface area contributed by atoms with E-state index in [0.717, 1.165) is 22.4 Å². The topological polar surface area (TPSA) is 56.8 Å². The molecule has 0 aliphatic heterocycles. The van der Waals surface area contributed by atoms with Crippen molar-refractivity contribution in [2.24, 2.45) is 0 Å². The van der Waals surface area contributed by atoms with E-state index in [2.05, 4.69) is 5.32 Å². The molecular formula is C24H24ClNO4. The van der Waals surface area contributed by atoms with E-state index in [1.54, 1.807) is 38.5 Å². The molecule has 0 aliphatic rings. The fourth-order valence-corrected chi connectivity index (χ4v) is 3.14. The quantitative estimate of drug-likeness (QED) is 0.540. The Morgan fingerprint density at radius 2 is 1.67 bits per heavy atom. The van der Waals surface area contributed by atoms with Crippen molar-refractivity contribution in [1.29, 1.82) is 0 Å². The number of para-hydroxylation sites is 1. The number of aryl methyl sites for hydroxylation is 1. The average Bonchev–Trinajstić information content (AvgIpc) is 2.78. The van der Waals surface area contributed by atoms with Crippen LogP contribution in [0.3, 0.4) is 0 Å². The molecule has 0 spiro atoms. The minimum absolute atomic E-state index is 0.188. The molecule has 30 heavy (non-hydrogen) atoms. The zero-order valence-corrected chi connectivity index (χ0v) is 18.0. The van der Waals surface area contributed by atoms with Crippen molar-refractivity contribution in [1.82, 2.24) is 5.32 Å². The maximum Gasteiger partial charge on any atom is 0.251 e. The largest absolute Gasteiger partial charge is 0.496 e. The highest BCUT2D eigenvalue weighted by atomic mass is 35.5. The van der Waals surface area contributed by atoms with Crippen LogP contribution in [-0.2, 0) is 13.2 Å². The number of benzene rings is 3. The molecule has 156 valence electrons. The second kappa shape index (κ2) is 10.0. The van der Waals surface area contributed by atoms with Crippen LogP contribution in [0.2, 0.25) is 5.02 Å².